The van der Waals surface area contributed by atoms with Crippen molar-refractivity contribution in [2.24, 2.45) is 5.92 Å². The first-order chi connectivity index (χ1) is 13.9. The van der Waals surface area contributed by atoms with Crippen molar-refractivity contribution in [2.45, 2.75) is 30.8 Å². The highest BCUT2D eigenvalue weighted by Crippen LogP contribution is 2.22. The van der Waals surface area contributed by atoms with Gasteiger partial charge in [-0.25, -0.2) is 13.1 Å². The van der Waals surface area contributed by atoms with Crippen LogP contribution >= 0.6 is 0 Å². The molecule has 0 radical (unpaired) electrons. The van der Waals surface area contributed by atoms with E-state index in [9.17, 15) is 18.3 Å². The van der Waals surface area contributed by atoms with Gasteiger partial charge in [0.1, 0.15) is 0 Å². The molecule has 7 nitrogen and oxygen atoms in total. The van der Waals surface area contributed by atoms with E-state index in [1.807, 2.05) is 30.3 Å². The van der Waals surface area contributed by atoms with Crippen LogP contribution in [-0.2, 0) is 21.4 Å². The number of anilines is 1. The number of carbonyl (C=O) groups excluding carboxylic acids is 1. The van der Waals surface area contributed by atoms with Gasteiger partial charge in [-0.2, -0.15) is 0 Å². The van der Waals surface area contributed by atoms with E-state index in [4.69, 9.17) is 0 Å². The first-order valence-corrected chi connectivity index (χ1v) is 11.1. The third-order valence-corrected chi connectivity index (χ3v) is 6.62. The molecule has 0 bridgehead atoms. The van der Waals surface area contributed by atoms with Gasteiger partial charge >= 0.3 is 0 Å². The number of rotatable bonds is 7. The van der Waals surface area contributed by atoms with E-state index in [2.05, 4.69) is 14.9 Å². The fourth-order valence-electron chi connectivity index (χ4n) is 3.59. The monoisotopic (exact) mass is 417 g/mol. The second-order valence-electron chi connectivity index (χ2n) is 7.39. The molecule has 0 aromatic heterocycles. The smallest absolute Gasteiger partial charge is 0.240 e. The van der Waals surface area contributed by atoms with Crippen LogP contribution in [0.25, 0.3) is 0 Å². The first-order valence-electron chi connectivity index (χ1n) is 9.64. The van der Waals surface area contributed by atoms with E-state index in [1.54, 1.807) is 12.1 Å². The van der Waals surface area contributed by atoms with Gasteiger partial charge in [0.15, 0.2) is 0 Å². The Morgan fingerprint density at radius 3 is 2.45 bits per heavy atom. The molecule has 3 rings (SSSR count). The molecule has 29 heavy (non-hydrogen) atoms. The zero-order chi connectivity index (χ0) is 20.9. The number of aliphatic hydroxyl groups is 1. The highest BCUT2D eigenvalue weighted by atomic mass is 32.2. The minimum absolute atomic E-state index is 0.0617. The summed E-state index contributed by atoms with van der Waals surface area (Å²) in [4.78, 5) is 13.4. The van der Waals surface area contributed by atoms with Crippen molar-refractivity contribution < 1.29 is 18.3 Å². The molecule has 1 aliphatic heterocycles. The van der Waals surface area contributed by atoms with Gasteiger partial charge in [-0.1, -0.05) is 30.3 Å². The summed E-state index contributed by atoms with van der Waals surface area (Å²) in [5.74, 6) is -0.347. The number of benzene rings is 2. The Morgan fingerprint density at radius 1 is 1.14 bits per heavy atom. The summed E-state index contributed by atoms with van der Waals surface area (Å²) in [6.45, 7) is 3.41. The summed E-state index contributed by atoms with van der Waals surface area (Å²) in [6, 6.07) is 15.7. The van der Waals surface area contributed by atoms with Crippen LogP contribution in [0.15, 0.2) is 59.5 Å². The summed E-state index contributed by atoms with van der Waals surface area (Å²) >= 11 is 0. The number of hydrogen-bond acceptors (Lipinski definition) is 5. The van der Waals surface area contributed by atoms with Crippen molar-refractivity contribution in [2.75, 3.05) is 25.0 Å². The summed E-state index contributed by atoms with van der Waals surface area (Å²) in [5.41, 5.74) is 1.71. The highest BCUT2D eigenvalue weighted by Gasteiger charge is 2.32. The molecule has 3 N–H and O–H groups in total. The van der Waals surface area contributed by atoms with Gasteiger partial charge in [-0.3, -0.25) is 9.69 Å². The van der Waals surface area contributed by atoms with Gasteiger partial charge in [-0.15, -0.1) is 0 Å². The average Bonchev–Trinajstić information content (AvgIpc) is 2.69. The number of aliphatic hydroxyl groups excluding tert-OH is 1. The summed E-state index contributed by atoms with van der Waals surface area (Å²) in [6.07, 6.45) is 0.720. The summed E-state index contributed by atoms with van der Waals surface area (Å²) in [5, 5.41) is 12.3. The van der Waals surface area contributed by atoms with Gasteiger partial charge < -0.3 is 10.4 Å². The number of nitrogens with zero attached hydrogens (tertiary/aromatic N) is 1. The van der Waals surface area contributed by atoms with Gasteiger partial charge in [-0.05, 0) is 42.8 Å². The molecule has 2 aromatic carbocycles. The number of piperidine rings is 1. The number of carbonyl (C=O) groups is 1. The zero-order valence-corrected chi connectivity index (χ0v) is 17.2. The molecule has 1 saturated heterocycles. The van der Waals surface area contributed by atoms with Crippen molar-refractivity contribution in [3.05, 3.63) is 60.2 Å². The predicted octanol–water partition coefficient (Wildman–Crippen LogP) is 1.81. The van der Waals surface area contributed by atoms with Crippen LogP contribution in [0.5, 0.6) is 0 Å². The van der Waals surface area contributed by atoms with Crippen LogP contribution in [0.3, 0.4) is 0 Å². The Kier molecular flexibility index (Phi) is 7.02. The van der Waals surface area contributed by atoms with Gasteiger partial charge in [0.2, 0.25) is 15.9 Å². The van der Waals surface area contributed by atoms with E-state index in [-0.39, 0.29) is 29.4 Å². The van der Waals surface area contributed by atoms with Crippen molar-refractivity contribution in [1.82, 2.24) is 9.62 Å². The van der Waals surface area contributed by atoms with Gasteiger partial charge in [0.05, 0.1) is 4.90 Å². The number of likely N-dealkylation sites (tertiary alicyclic amines) is 1. The molecule has 0 saturated carbocycles. The topological polar surface area (TPSA) is 98.7 Å². The number of amides is 1. The molecule has 2 unspecified atom stereocenters. The van der Waals surface area contributed by atoms with Crippen LogP contribution in [0, 0.1) is 5.92 Å². The quantitative estimate of drug-likeness (QED) is 0.638. The molecule has 0 aliphatic carbocycles. The Bertz CT molecular complexity index is 917. The van der Waals surface area contributed by atoms with E-state index >= 15 is 0 Å². The minimum atomic E-state index is -3.74. The first kappa shape index (κ1) is 21.4. The normalized spacial score (nSPS) is 20.3. The molecular weight excluding hydrogens is 390 g/mol. The number of nitrogens with one attached hydrogen (secondary N) is 2. The largest absolute Gasteiger partial charge is 0.396 e. The fraction of sp³-hybridized carbons (Fsp3) is 0.381. The lowest BCUT2D eigenvalue weighted by molar-refractivity contribution is -0.114. The third kappa shape index (κ3) is 5.86. The Morgan fingerprint density at radius 2 is 1.83 bits per heavy atom. The molecule has 156 valence electrons. The second-order valence-corrected chi connectivity index (χ2v) is 9.10. The molecule has 1 amide bonds. The molecule has 1 heterocycles. The van der Waals surface area contributed by atoms with Gasteiger partial charge in [0.25, 0.3) is 0 Å². The van der Waals surface area contributed by atoms with Crippen LogP contribution < -0.4 is 10.0 Å². The van der Waals surface area contributed by atoms with Crippen molar-refractivity contribution in [3.8, 4) is 0 Å². The van der Waals surface area contributed by atoms with Crippen LogP contribution in [-0.4, -0.2) is 50.1 Å². The molecule has 0 spiro atoms. The average molecular weight is 418 g/mol. The molecular formula is C21H27N3O4S. The Hall–Kier alpha value is -2.26. The second kappa shape index (κ2) is 9.49. The van der Waals surface area contributed by atoms with Crippen LogP contribution in [0.4, 0.5) is 5.69 Å². The summed E-state index contributed by atoms with van der Waals surface area (Å²) in [7, 11) is -3.74. The lowest BCUT2D eigenvalue weighted by Crippen LogP contribution is -2.53. The predicted molar refractivity (Wildman–Crippen MR) is 112 cm³/mol. The lowest BCUT2D eigenvalue weighted by Gasteiger charge is -2.38. The third-order valence-electron chi connectivity index (χ3n) is 5.12. The Balaban J connectivity index is 1.70. The van der Waals surface area contributed by atoms with Crippen molar-refractivity contribution >= 4 is 21.6 Å². The van der Waals surface area contributed by atoms with E-state index < -0.39 is 10.0 Å². The SMILES string of the molecule is CC(=O)Nc1ccc(S(=O)(=O)NC2CN(Cc3ccccc3)CCC2CO)cc1. The van der Waals surface area contributed by atoms with Gasteiger partial charge in [0, 0.05) is 44.3 Å². The van der Waals surface area contributed by atoms with E-state index in [0.29, 0.717) is 12.2 Å². The van der Waals surface area contributed by atoms with E-state index in [1.165, 1.54) is 24.6 Å². The molecule has 2 atom stereocenters. The minimum Gasteiger partial charge on any atom is -0.396 e. The zero-order valence-electron chi connectivity index (χ0n) is 16.4. The number of sulfonamides is 1. The fourth-order valence-corrected chi connectivity index (χ4v) is 4.89. The lowest BCUT2D eigenvalue weighted by atomic mass is 9.93. The maximum absolute atomic E-state index is 12.9. The standard InChI is InChI=1S/C21H27N3O4S/c1-16(26)22-19-7-9-20(10-8-19)29(27,28)23-21-14-24(12-11-18(21)15-25)13-17-5-3-2-4-6-17/h2-10,18,21,23,25H,11-15H2,1H3,(H,22,26). The maximum atomic E-state index is 12.9. The Labute approximate surface area is 171 Å². The van der Waals surface area contributed by atoms with Crippen LogP contribution in [0.1, 0.15) is 18.9 Å². The molecule has 2 aromatic rings. The van der Waals surface area contributed by atoms with E-state index in [0.717, 1.165) is 19.5 Å². The molecule has 8 heteroatoms. The number of hydrogen-bond donors (Lipinski definition) is 3. The highest BCUT2D eigenvalue weighted by molar-refractivity contribution is 7.89. The van der Waals surface area contributed by atoms with Crippen LogP contribution in [0.2, 0.25) is 0 Å². The maximum Gasteiger partial charge on any atom is 0.240 e. The molecule has 1 aliphatic rings. The molecule has 1 fully saturated rings. The van der Waals surface area contributed by atoms with Crippen molar-refractivity contribution in [3.63, 3.8) is 0 Å². The van der Waals surface area contributed by atoms with Crippen molar-refractivity contribution in [1.29, 1.82) is 0 Å². The summed E-state index contributed by atoms with van der Waals surface area (Å²) < 4.78 is 28.5.